The summed E-state index contributed by atoms with van der Waals surface area (Å²) < 4.78 is 0. The zero-order valence-corrected chi connectivity index (χ0v) is 21.1. The first kappa shape index (κ1) is 24.7. The summed E-state index contributed by atoms with van der Waals surface area (Å²) in [7, 11) is 3.66. The molecule has 0 N–H and O–H groups in total. The maximum Gasteiger partial charge on any atom is 0.211 e. The van der Waals surface area contributed by atoms with Gasteiger partial charge in [-0.1, -0.05) is 96.1 Å². The molecule has 0 aliphatic heterocycles. The summed E-state index contributed by atoms with van der Waals surface area (Å²) in [5.74, 6) is -0.445. The molecule has 0 aliphatic carbocycles. The fourth-order valence-electron chi connectivity index (χ4n) is 4.08. The van der Waals surface area contributed by atoms with Gasteiger partial charge >= 0.3 is 0 Å². The third-order valence-electron chi connectivity index (χ3n) is 6.24. The van der Waals surface area contributed by atoms with Crippen LogP contribution in [-0.4, -0.2) is 25.7 Å². The quantitative estimate of drug-likeness (QED) is 0.207. The van der Waals surface area contributed by atoms with Gasteiger partial charge in [-0.25, -0.2) is 0 Å². The summed E-state index contributed by atoms with van der Waals surface area (Å²) in [4.78, 5) is 31.9. The molecule has 0 radical (unpaired) electrons. The summed E-state index contributed by atoms with van der Waals surface area (Å²) in [6.45, 7) is 3.97. The van der Waals surface area contributed by atoms with Gasteiger partial charge in [0.05, 0.1) is 0 Å². The molecule has 0 unspecified atom stereocenters. The second-order valence-corrected chi connectivity index (χ2v) is 8.88. The Bertz CT molecular complexity index is 1270. The van der Waals surface area contributed by atoms with Crippen LogP contribution in [-0.2, 0) is 0 Å². The SMILES string of the molecule is Cc1ccc(C(=O)/C(=C(\C(=O)c2ccc(C)cc2)N(C)c2ccccc2)N(C)c2ccccc2)cc1. The number of carbonyl (C=O) groups is 2. The number of para-hydroxylation sites is 2. The highest BCUT2D eigenvalue weighted by Gasteiger charge is 2.30. The van der Waals surface area contributed by atoms with E-state index in [0.717, 1.165) is 22.5 Å². The highest BCUT2D eigenvalue weighted by atomic mass is 16.1. The fourth-order valence-corrected chi connectivity index (χ4v) is 4.08. The first-order chi connectivity index (χ1) is 17.4. The Morgan fingerprint density at radius 3 is 1.08 bits per heavy atom. The molecule has 36 heavy (non-hydrogen) atoms. The molecule has 4 aromatic carbocycles. The third-order valence-corrected chi connectivity index (χ3v) is 6.24. The van der Waals surface area contributed by atoms with E-state index in [-0.39, 0.29) is 11.6 Å². The lowest BCUT2D eigenvalue weighted by molar-refractivity contribution is 0.0995. The van der Waals surface area contributed by atoms with Crippen molar-refractivity contribution >= 4 is 22.9 Å². The molecule has 180 valence electrons. The summed E-state index contributed by atoms with van der Waals surface area (Å²) in [6, 6.07) is 34.1. The number of hydrogen-bond acceptors (Lipinski definition) is 4. The molecule has 0 saturated carbocycles. The van der Waals surface area contributed by atoms with Crippen LogP contribution >= 0.6 is 0 Å². The van der Waals surface area contributed by atoms with Gasteiger partial charge in [0.15, 0.2) is 0 Å². The van der Waals surface area contributed by atoms with Gasteiger partial charge in [0, 0.05) is 36.6 Å². The number of anilines is 2. The van der Waals surface area contributed by atoms with E-state index in [9.17, 15) is 9.59 Å². The number of carbonyl (C=O) groups excluding carboxylic acids is 2. The number of Topliss-reactive ketones (excluding diaryl/α,β-unsaturated/α-hetero) is 2. The number of ketones is 2. The normalized spacial score (nSPS) is 11.4. The van der Waals surface area contributed by atoms with E-state index < -0.39 is 0 Å². The Labute approximate surface area is 213 Å². The lowest BCUT2D eigenvalue weighted by Gasteiger charge is -2.30. The minimum absolute atomic E-state index is 0.223. The van der Waals surface area contributed by atoms with Crippen LogP contribution in [0.25, 0.3) is 0 Å². The number of aryl methyl sites for hydroxylation is 2. The van der Waals surface area contributed by atoms with Crippen LogP contribution in [0.1, 0.15) is 31.8 Å². The molecule has 0 aliphatic rings. The lowest BCUT2D eigenvalue weighted by atomic mass is 9.98. The molecular formula is C32H30N2O2. The molecule has 0 spiro atoms. The molecule has 0 heterocycles. The monoisotopic (exact) mass is 474 g/mol. The number of likely N-dealkylation sites (N-methyl/N-ethyl adjacent to an activating group) is 2. The molecule has 0 fully saturated rings. The average Bonchev–Trinajstić information content (AvgIpc) is 2.92. The molecular weight excluding hydrogens is 444 g/mol. The van der Waals surface area contributed by atoms with Crippen LogP contribution in [0.15, 0.2) is 121 Å². The Morgan fingerprint density at radius 1 is 0.472 bits per heavy atom. The summed E-state index contributed by atoms with van der Waals surface area (Å²) in [5, 5.41) is 0. The molecule has 0 atom stereocenters. The molecule has 4 rings (SSSR count). The van der Waals surface area contributed by atoms with E-state index in [4.69, 9.17) is 0 Å². The van der Waals surface area contributed by atoms with E-state index in [1.54, 1.807) is 0 Å². The maximum atomic E-state index is 14.2. The van der Waals surface area contributed by atoms with Crippen LogP contribution in [0, 0.1) is 13.8 Å². The molecule has 4 aromatic rings. The van der Waals surface area contributed by atoms with Crippen LogP contribution in [0.3, 0.4) is 0 Å². The second kappa shape index (κ2) is 10.9. The average molecular weight is 475 g/mol. The molecule has 0 aromatic heterocycles. The second-order valence-electron chi connectivity index (χ2n) is 8.88. The van der Waals surface area contributed by atoms with Crippen LogP contribution in [0.4, 0.5) is 11.4 Å². The van der Waals surface area contributed by atoms with E-state index in [1.807, 2.05) is 147 Å². The number of allylic oxidation sites excluding steroid dienone is 2. The van der Waals surface area contributed by atoms with Crippen LogP contribution < -0.4 is 9.80 Å². The van der Waals surface area contributed by atoms with Gasteiger partial charge in [0.2, 0.25) is 11.6 Å². The number of benzene rings is 4. The smallest absolute Gasteiger partial charge is 0.211 e. The predicted octanol–water partition coefficient (Wildman–Crippen LogP) is 6.85. The van der Waals surface area contributed by atoms with Crippen LogP contribution in [0.2, 0.25) is 0 Å². The highest BCUT2D eigenvalue weighted by molar-refractivity contribution is 6.20. The largest absolute Gasteiger partial charge is 0.340 e. The summed E-state index contributed by atoms with van der Waals surface area (Å²) >= 11 is 0. The minimum atomic E-state index is -0.223. The van der Waals surface area contributed by atoms with E-state index in [1.165, 1.54) is 0 Å². The number of nitrogens with zero attached hydrogens (tertiary/aromatic N) is 2. The van der Waals surface area contributed by atoms with Gasteiger partial charge in [-0.15, -0.1) is 0 Å². The predicted molar refractivity (Wildman–Crippen MR) is 148 cm³/mol. The molecule has 0 amide bonds. The Balaban J connectivity index is 1.99. The van der Waals surface area contributed by atoms with Gasteiger partial charge in [-0.05, 0) is 38.1 Å². The standard InChI is InChI=1S/C32H30N2O2/c1-23-15-19-25(20-16-23)31(35)29(33(3)27-11-7-5-8-12-27)30(34(4)28-13-9-6-10-14-28)32(36)26-21-17-24(2)18-22-26/h5-22H,1-4H3/b30-29-. The van der Waals surface area contributed by atoms with Crippen molar-refractivity contribution in [3.05, 3.63) is 143 Å². The highest BCUT2D eigenvalue weighted by Crippen LogP contribution is 2.29. The van der Waals surface area contributed by atoms with Gasteiger partial charge in [-0.3, -0.25) is 9.59 Å². The van der Waals surface area contributed by atoms with Crippen LogP contribution in [0.5, 0.6) is 0 Å². The van der Waals surface area contributed by atoms with Crippen molar-refractivity contribution in [2.75, 3.05) is 23.9 Å². The molecule has 4 heteroatoms. The van der Waals surface area contributed by atoms with Gasteiger partial charge < -0.3 is 9.80 Å². The zero-order valence-electron chi connectivity index (χ0n) is 21.1. The van der Waals surface area contributed by atoms with Crippen molar-refractivity contribution < 1.29 is 9.59 Å². The topological polar surface area (TPSA) is 40.6 Å². The van der Waals surface area contributed by atoms with Gasteiger partial charge in [0.1, 0.15) is 11.4 Å². The zero-order chi connectivity index (χ0) is 25.7. The van der Waals surface area contributed by atoms with Gasteiger partial charge in [-0.2, -0.15) is 0 Å². The summed E-state index contributed by atoms with van der Waals surface area (Å²) in [6.07, 6.45) is 0. The molecule has 0 bridgehead atoms. The summed E-state index contributed by atoms with van der Waals surface area (Å²) in [5.41, 5.74) is 5.40. The Kier molecular flexibility index (Phi) is 7.45. The first-order valence-corrected chi connectivity index (χ1v) is 11.9. The fraction of sp³-hybridized carbons (Fsp3) is 0.125. The Hall–Kier alpha value is -4.44. The number of rotatable bonds is 8. The van der Waals surface area contributed by atoms with Crippen molar-refractivity contribution in [3.63, 3.8) is 0 Å². The molecule has 0 saturated heterocycles. The Morgan fingerprint density at radius 2 is 0.778 bits per heavy atom. The number of hydrogen-bond donors (Lipinski definition) is 0. The van der Waals surface area contributed by atoms with E-state index in [0.29, 0.717) is 22.5 Å². The lowest BCUT2D eigenvalue weighted by Crippen LogP contribution is -2.34. The van der Waals surface area contributed by atoms with E-state index >= 15 is 0 Å². The van der Waals surface area contributed by atoms with E-state index in [2.05, 4.69) is 0 Å². The third kappa shape index (κ3) is 5.28. The molecule has 4 nitrogen and oxygen atoms in total. The van der Waals surface area contributed by atoms with Crippen molar-refractivity contribution in [1.29, 1.82) is 0 Å². The van der Waals surface area contributed by atoms with Crippen molar-refractivity contribution in [2.45, 2.75) is 13.8 Å². The first-order valence-electron chi connectivity index (χ1n) is 11.9. The van der Waals surface area contributed by atoms with Crippen molar-refractivity contribution in [2.24, 2.45) is 0 Å². The maximum absolute atomic E-state index is 14.2. The van der Waals surface area contributed by atoms with Crippen molar-refractivity contribution in [3.8, 4) is 0 Å². The van der Waals surface area contributed by atoms with Crippen molar-refractivity contribution in [1.82, 2.24) is 0 Å². The minimum Gasteiger partial charge on any atom is -0.340 e. The van der Waals surface area contributed by atoms with Gasteiger partial charge in [0.25, 0.3) is 0 Å².